The molecule has 0 aromatic heterocycles. The molecule has 0 amide bonds. The average molecular weight is 480 g/mol. The van der Waals surface area contributed by atoms with Crippen molar-refractivity contribution in [1.29, 1.82) is 0 Å². The van der Waals surface area contributed by atoms with Gasteiger partial charge in [0.2, 0.25) is 0 Å². The summed E-state index contributed by atoms with van der Waals surface area (Å²) < 4.78 is 0. The van der Waals surface area contributed by atoms with Crippen LogP contribution in [-0.2, 0) is 0 Å². The van der Waals surface area contributed by atoms with Crippen molar-refractivity contribution in [1.82, 2.24) is 0 Å². The Bertz CT molecular complexity index is 1380. The number of phenolic OH excluding ortho intramolecular Hbond substituents is 1. The number of carboxylic acid groups (broad SMARTS) is 1. The van der Waals surface area contributed by atoms with Crippen molar-refractivity contribution >= 4 is 34.5 Å². The number of azo groups is 2. The zero-order valence-electron chi connectivity index (χ0n) is 19.0. The van der Waals surface area contributed by atoms with Crippen molar-refractivity contribution in [2.24, 2.45) is 20.5 Å². The molecule has 0 fully saturated rings. The van der Waals surface area contributed by atoms with Gasteiger partial charge in [-0.3, -0.25) is 4.79 Å². The summed E-state index contributed by atoms with van der Waals surface area (Å²) in [5.74, 6) is -1.93. The Morgan fingerprint density at radius 2 is 0.917 bits per heavy atom. The van der Waals surface area contributed by atoms with E-state index in [1.54, 1.807) is 18.2 Å². The molecule has 0 aliphatic heterocycles. The standard InChI is InChI=1S/C27H20N4O5/c1-16(32)23-14-21(10-12-25(23)33)30-28-19-6-2-17(3-7-19)18-4-8-20(9-5-18)29-31-22-11-13-26(34)24(15-22)27(35)36/h2-15,33-34H,1H3,(H,35,36). The fourth-order valence-electron chi connectivity index (χ4n) is 3.30. The van der Waals surface area contributed by atoms with Crippen LogP contribution < -0.4 is 0 Å². The van der Waals surface area contributed by atoms with Gasteiger partial charge in [-0.05, 0) is 78.7 Å². The van der Waals surface area contributed by atoms with E-state index in [9.17, 15) is 19.8 Å². The fourth-order valence-corrected chi connectivity index (χ4v) is 3.30. The van der Waals surface area contributed by atoms with Crippen LogP contribution in [0, 0.1) is 0 Å². The number of nitrogens with zero attached hydrogens (tertiary/aromatic N) is 4. The zero-order chi connectivity index (χ0) is 25.7. The number of aromatic carboxylic acids is 1. The topological polar surface area (TPSA) is 144 Å². The number of carbonyl (C=O) groups is 2. The molecule has 0 aliphatic rings. The Hall–Kier alpha value is -5.18. The molecule has 9 heteroatoms. The average Bonchev–Trinajstić information content (AvgIpc) is 2.88. The summed E-state index contributed by atoms with van der Waals surface area (Å²) >= 11 is 0. The number of aromatic hydroxyl groups is 2. The van der Waals surface area contributed by atoms with Gasteiger partial charge in [0, 0.05) is 0 Å². The minimum absolute atomic E-state index is 0.0917. The fraction of sp³-hybridized carbons (Fsp3) is 0.0370. The quantitative estimate of drug-likeness (QED) is 0.185. The maximum Gasteiger partial charge on any atom is 0.339 e. The third kappa shape index (κ3) is 5.65. The van der Waals surface area contributed by atoms with E-state index >= 15 is 0 Å². The lowest BCUT2D eigenvalue weighted by molar-refractivity contribution is 0.0693. The van der Waals surface area contributed by atoms with E-state index in [2.05, 4.69) is 20.5 Å². The summed E-state index contributed by atoms with van der Waals surface area (Å²) in [5.41, 5.74) is 3.81. The molecular formula is C27H20N4O5. The van der Waals surface area contributed by atoms with Gasteiger partial charge in [0.25, 0.3) is 0 Å². The lowest BCUT2D eigenvalue weighted by atomic mass is 10.1. The van der Waals surface area contributed by atoms with E-state index in [1.807, 2.05) is 36.4 Å². The molecule has 4 aromatic carbocycles. The molecule has 0 unspecified atom stereocenters. The van der Waals surface area contributed by atoms with Crippen LogP contribution in [0.4, 0.5) is 22.7 Å². The first kappa shape index (κ1) is 24.0. The predicted octanol–water partition coefficient (Wildman–Crippen LogP) is 7.50. The van der Waals surface area contributed by atoms with Crippen LogP contribution in [0.5, 0.6) is 11.5 Å². The van der Waals surface area contributed by atoms with Gasteiger partial charge in [0.05, 0.1) is 28.3 Å². The van der Waals surface area contributed by atoms with Crippen LogP contribution in [0.15, 0.2) is 105 Å². The van der Waals surface area contributed by atoms with E-state index in [0.29, 0.717) is 22.7 Å². The molecule has 36 heavy (non-hydrogen) atoms. The van der Waals surface area contributed by atoms with Crippen LogP contribution in [0.1, 0.15) is 27.6 Å². The third-order valence-corrected chi connectivity index (χ3v) is 5.20. The number of carbonyl (C=O) groups excluding carboxylic acids is 1. The molecule has 0 saturated carbocycles. The minimum Gasteiger partial charge on any atom is -0.507 e. The van der Waals surface area contributed by atoms with Gasteiger partial charge < -0.3 is 15.3 Å². The monoisotopic (exact) mass is 480 g/mol. The first-order valence-electron chi connectivity index (χ1n) is 10.7. The van der Waals surface area contributed by atoms with Crippen LogP contribution in [-0.4, -0.2) is 27.1 Å². The van der Waals surface area contributed by atoms with Gasteiger partial charge in [-0.15, -0.1) is 0 Å². The maximum atomic E-state index is 11.6. The highest BCUT2D eigenvalue weighted by molar-refractivity contribution is 5.97. The molecule has 4 rings (SSSR count). The van der Waals surface area contributed by atoms with Crippen LogP contribution in [0.3, 0.4) is 0 Å². The Morgan fingerprint density at radius 3 is 1.33 bits per heavy atom. The molecule has 0 bridgehead atoms. The van der Waals surface area contributed by atoms with Gasteiger partial charge in [-0.1, -0.05) is 24.3 Å². The Labute approximate surface area is 205 Å². The van der Waals surface area contributed by atoms with Crippen LogP contribution in [0.25, 0.3) is 11.1 Å². The molecule has 0 aliphatic carbocycles. The van der Waals surface area contributed by atoms with E-state index in [0.717, 1.165) is 11.1 Å². The number of ketones is 1. The maximum absolute atomic E-state index is 11.6. The summed E-state index contributed by atoms with van der Waals surface area (Å²) in [6.45, 7) is 1.37. The molecular weight excluding hydrogens is 460 g/mol. The number of phenols is 2. The predicted molar refractivity (Wildman–Crippen MR) is 133 cm³/mol. The number of Topliss-reactive ketones (excluding diaryl/α,β-unsaturated/α-hetero) is 1. The Kier molecular flexibility index (Phi) is 6.92. The van der Waals surface area contributed by atoms with Crippen molar-refractivity contribution in [3.63, 3.8) is 0 Å². The van der Waals surface area contributed by atoms with Crippen molar-refractivity contribution in [2.45, 2.75) is 6.92 Å². The summed E-state index contributed by atoms with van der Waals surface area (Å²) in [4.78, 5) is 22.7. The first-order chi connectivity index (χ1) is 17.3. The van der Waals surface area contributed by atoms with Gasteiger partial charge in [-0.25, -0.2) is 4.79 Å². The number of hydrogen-bond acceptors (Lipinski definition) is 8. The molecule has 0 radical (unpaired) electrons. The molecule has 0 atom stereocenters. The van der Waals surface area contributed by atoms with Crippen molar-refractivity contribution in [2.75, 3.05) is 0 Å². The number of benzene rings is 4. The second kappa shape index (κ2) is 10.4. The second-order valence-electron chi connectivity index (χ2n) is 7.76. The van der Waals surface area contributed by atoms with Gasteiger partial charge in [0.1, 0.15) is 17.1 Å². The highest BCUT2D eigenvalue weighted by atomic mass is 16.4. The van der Waals surface area contributed by atoms with Crippen molar-refractivity contribution in [3.8, 4) is 22.6 Å². The van der Waals surface area contributed by atoms with Gasteiger partial charge in [-0.2, -0.15) is 20.5 Å². The summed E-state index contributed by atoms with van der Waals surface area (Å²) in [5, 5.41) is 44.9. The molecule has 0 spiro atoms. The normalized spacial score (nSPS) is 11.2. The smallest absolute Gasteiger partial charge is 0.339 e. The lowest BCUT2D eigenvalue weighted by Crippen LogP contribution is -1.95. The van der Waals surface area contributed by atoms with Crippen LogP contribution in [0.2, 0.25) is 0 Å². The molecule has 9 nitrogen and oxygen atoms in total. The molecule has 4 aromatic rings. The van der Waals surface area contributed by atoms with E-state index in [1.165, 1.54) is 37.3 Å². The summed E-state index contributed by atoms with van der Waals surface area (Å²) in [6, 6.07) is 23.2. The van der Waals surface area contributed by atoms with Gasteiger partial charge >= 0.3 is 5.97 Å². The Morgan fingerprint density at radius 1 is 0.556 bits per heavy atom. The van der Waals surface area contributed by atoms with E-state index in [-0.39, 0.29) is 28.4 Å². The molecule has 3 N–H and O–H groups in total. The van der Waals surface area contributed by atoms with Crippen molar-refractivity contribution in [3.05, 3.63) is 96.1 Å². The zero-order valence-corrected chi connectivity index (χ0v) is 19.0. The number of hydrogen-bond donors (Lipinski definition) is 3. The number of rotatable bonds is 7. The van der Waals surface area contributed by atoms with Crippen molar-refractivity contribution < 1.29 is 24.9 Å². The SMILES string of the molecule is CC(=O)c1cc(N=Nc2ccc(-c3ccc(N=Nc4ccc(O)c(C(=O)O)c4)cc3)cc2)ccc1O. The molecule has 178 valence electrons. The first-order valence-corrected chi connectivity index (χ1v) is 10.7. The number of carboxylic acids is 1. The van der Waals surface area contributed by atoms with Gasteiger partial charge in [0.15, 0.2) is 5.78 Å². The van der Waals surface area contributed by atoms with E-state index < -0.39 is 5.97 Å². The lowest BCUT2D eigenvalue weighted by Gasteiger charge is -2.03. The largest absolute Gasteiger partial charge is 0.507 e. The van der Waals surface area contributed by atoms with E-state index in [4.69, 9.17) is 5.11 Å². The summed E-state index contributed by atoms with van der Waals surface area (Å²) in [6.07, 6.45) is 0. The Balaban J connectivity index is 1.44. The van der Waals surface area contributed by atoms with Crippen LogP contribution >= 0.6 is 0 Å². The second-order valence-corrected chi connectivity index (χ2v) is 7.76. The summed E-state index contributed by atoms with van der Waals surface area (Å²) in [7, 11) is 0. The molecule has 0 saturated heterocycles. The highest BCUT2D eigenvalue weighted by Gasteiger charge is 2.10. The molecule has 0 heterocycles. The highest BCUT2D eigenvalue weighted by Crippen LogP contribution is 2.29. The third-order valence-electron chi connectivity index (χ3n) is 5.20. The minimum atomic E-state index is -1.25.